The molecule has 0 aliphatic heterocycles. The Morgan fingerprint density at radius 2 is 2.14 bits per heavy atom. The lowest BCUT2D eigenvalue weighted by Crippen LogP contribution is -2.27. The molecule has 0 spiro atoms. The maximum atomic E-state index is 8.20. The van der Waals surface area contributed by atoms with Crippen molar-refractivity contribution in [3.05, 3.63) is 21.8 Å². The number of nitrogens with zero attached hydrogens (tertiary/aromatic N) is 2. The van der Waals surface area contributed by atoms with Crippen molar-refractivity contribution in [2.75, 3.05) is 26.8 Å². The van der Waals surface area contributed by atoms with Crippen molar-refractivity contribution >= 4 is 21.8 Å². The maximum Gasteiger partial charge on any atom is 0.228 e. The highest BCUT2D eigenvalue weighted by Gasteiger charge is 2.16. The van der Waals surface area contributed by atoms with Crippen molar-refractivity contribution in [2.24, 2.45) is 0 Å². The molecule has 0 aromatic carbocycles. The highest BCUT2D eigenvalue weighted by atomic mass is 79.9. The van der Waals surface area contributed by atoms with E-state index < -0.39 is 0 Å². The summed E-state index contributed by atoms with van der Waals surface area (Å²) in [6.07, 6.45) is 0.925. The van der Waals surface area contributed by atoms with E-state index in [1.807, 2.05) is 38.8 Å². The normalized spacial score (nSPS) is 12.1. The Balaban J connectivity index is 2.83. The molecule has 124 valence electrons. The van der Waals surface area contributed by atoms with Crippen molar-refractivity contribution in [3.8, 4) is 5.88 Å². The van der Waals surface area contributed by atoms with E-state index >= 15 is 0 Å². The van der Waals surface area contributed by atoms with Crippen molar-refractivity contribution < 1.29 is 9.47 Å². The number of hydrogen-bond acceptors (Lipinski definition) is 4. The Morgan fingerprint density at radius 1 is 1.45 bits per heavy atom. The highest BCUT2D eigenvalue weighted by molar-refractivity contribution is 9.10. The second-order valence-electron chi connectivity index (χ2n) is 5.27. The van der Waals surface area contributed by atoms with Gasteiger partial charge in [0.15, 0.2) is 0 Å². The van der Waals surface area contributed by atoms with E-state index in [0.717, 1.165) is 35.3 Å². The lowest BCUT2D eigenvalue weighted by molar-refractivity contribution is 0.0563. The summed E-state index contributed by atoms with van der Waals surface area (Å²) in [6.45, 7) is 10.00. The third kappa shape index (κ3) is 5.25. The third-order valence-electron chi connectivity index (χ3n) is 3.26. The first-order valence-electron chi connectivity index (χ1n) is 7.62. The topological polar surface area (TPSA) is 58.4 Å². The summed E-state index contributed by atoms with van der Waals surface area (Å²) in [5.74, 6) is 1.000. The summed E-state index contributed by atoms with van der Waals surface area (Å²) in [4.78, 5) is 6.36. The quantitative estimate of drug-likeness (QED) is 0.430. The van der Waals surface area contributed by atoms with Crippen LogP contribution in [0.1, 0.15) is 38.4 Å². The fraction of sp³-hybridized carbons (Fsp3) is 0.625. The molecule has 0 fully saturated rings. The Morgan fingerprint density at radius 3 is 2.73 bits per heavy atom. The molecule has 1 atom stereocenters. The van der Waals surface area contributed by atoms with Crippen LogP contribution in [0.3, 0.4) is 0 Å². The minimum absolute atomic E-state index is 0.0710. The van der Waals surface area contributed by atoms with Crippen LogP contribution in [-0.4, -0.2) is 48.6 Å². The van der Waals surface area contributed by atoms with Gasteiger partial charge in [-0.05, 0) is 49.2 Å². The van der Waals surface area contributed by atoms with Gasteiger partial charge in [0.2, 0.25) is 5.88 Å². The molecule has 1 heterocycles. The smallest absolute Gasteiger partial charge is 0.228 e. The van der Waals surface area contributed by atoms with Crippen LogP contribution in [0.2, 0.25) is 0 Å². The number of aryl methyl sites for hydroxylation is 1. The number of halogens is 1. The molecule has 1 rings (SSSR count). The summed E-state index contributed by atoms with van der Waals surface area (Å²) in [6, 6.07) is 1.89. The van der Waals surface area contributed by atoms with E-state index in [0.29, 0.717) is 18.3 Å². The van der Waals surface area contributed by atoms with Gasteiger partial charge < -0.3 is 14.4 Å². The molecule has 1 N–H and O–H groups in total. The van der Waals surface area contributed by atoms with E-state index in [2.05, 4.69) is 27.8 Å². The predicted octanol–water partition coefficient (Wildman–Crippen LogP) is 3.62. The SMILES string of the molecule is CCCOC[C@@H](C)Oc1nc(C)c(C(=N)N(C)CC)cc1Br. The zero-order chi connectivity index (χ0) is 16.7. The second kappa shape index (κ2) is 9.10. The molecule has 0 aliphatic carbocycles. The molecule has 1 aromatic heterocycles. The number of aromatic nitrogens is 1. The molecule has 0 saturated heterocycles. The number of nitrogens with one attached hydrogen (secondary N) is 1. The zero-order valence-corrected chi connectivity index (χ0v) is 15.7. The molecule has 1 aromatic rings. The highest BCUT2D eigenvalue weighted by Crippen LogP contribution is 2.26. The van der Waals surface area contributed by atoms with Crippen LogP contribution in [-0.2, 0) is 4.74 Å². The van der Waals surface area contributed by atoms with Gasteiger partial charge in [-0.2, -0.15) is 0 Å². The summed E-state index contributed by atoms with van der Waals surface area (Å²) in [5, 5.41) is 8.20. The standard InChI is InChI=1S/C16H26BrN3O2/c1-6-8-21-10-11(3)22-16-14(17)9-13(12(4)19-16)15(18)20(5)7-2/h9,11,18H,6-8,10H2,1-5H3/t11-/m1/s1. The Kier molecular flexibility index (Phi) is 7.82. The van der Waals surface area contributed by atoms with Crippen LogP contribution in [0.4, 0.5) is 0 Å². The van der Waals surface area contributed by atoms with E-state index in [9.17, 15) is 0 Å². The van der Waals surface area contributed by atoms with Gasteiger partial charge in [-0.3, -0.25) is 5.41 Å². The van der Waals surface area contributed by atoms with Crippen LogP contribution in [0.25, 0.3) is 0 Å². The molecular formula is C16H26BrN3O2. The van der Waals surface area contributed by atoms with Gasteiger partial charge in [-0.1, -0.05) is 6.92 Å². The van der Waals surface area contributed by atoms with Crippen LogP contribution in [0, 0.1) is 12.3 Å². The monoisotopic (exact) mass is 371 g/mol. The fourth-order valence-corrected chi connectivity index (χ4v) is 2.27. The summed E-state index contributed by atoms with van der Waals surface area (Å²) in [7, 11) is 1.90. The van der Waals surface area contributed by atoms with Crippen LogP contribution in [0.5, 0.6) is 5.88 Å². The van der Waals surface area contributed by atoms with Crippen molar-refractivity contribution in [2.45, 2.75) is 40.2 Å². The molecule has 0 saturated carbocycles. The van der Waals surface area contributed by atoms with Crippen LogP contribution in [0.15, 0.2) is 10.5 Å². The first-order chi connectivity index (χ1) is 10.4. The lowest BCUT2D eigenvalue weighted by atomic mass is 10.1. The third-order valence-corrected chi connectivity index (χ3v) is 3.83. The molecule has 6 heteroatoms. The minimum atomic E-state index is -0.0710. The van der Waals surface area contributed by atoms with Gasteiger partial charge in [0.25, 0.3) is 0 Å². The Hall–Kier alpha value is -1.14. The van der Waals surface area contributed by atoms with Crippen LogP contribution >= 0.6 is 15.9 Å². The van der Waals surface area contributed by atoms with Gasteiger partial charge in [0.1, 0.15) is 11.9 Å². The lowest BCUT2D eigenvalue weighted by Gasteiger charge is -2.20. The Labute approximate surface area is 141 Å². The Bertz CT molecular complexity index is 508. The number of pyridine rings is 1. The molecule has 22 heavy (non-hydrogen) atoms. The molecule has 0 bridgehead atoms. The molecule has 0 amide bonds. The molecule has 0 unspecified atom stereocenters. The number of hydrogen-bond donors (Lipinski definition) is 1. The first kappa shape index (κ1) is 18.9. The number of rotatable bonds is 8. The first-order valence-corrected chi connectivity index (χ1v) is 8.41. The fourth-order valence-electron chi connectivity index (χ4n) is 1.86. The second-order valence-corrected chi connectivity index (χ2v) is 6.13. The predicted molar refractivity (Wildman–Crippen MR) is 93.0 cm³/mol. The van der Waals surface area contributed by atoms with Crippen molar-refractivity contribution in [1.82, 2.24) is 9.88 Å². The average Bonchev–Trinajstić information content (AvgIpc) is 2.49. The van der Waals surface area contributed by atoms with Gasteiger partial charge in [0, 0.05) is 25.8 Å². The van der Waals surface area contributed by atoms with E-state index in [4.69, 9.17) is 14.9 Å². The van der Waals surface area contributed by atoms with E-state index in [1.54, 1.807) is 0 Å². The molecule has 0 radical (unpaired) electrons. The summed E-state index contributed by atoms with van der Waals surface area (Å²) >= 11 is 3.49. The maximum absolute atomic E-state index is 8.20. The molecule has 0 aliphatic rings. The van der Waals surface area contributed by atoms with Gasteiger partial charge >= 0.3 is 0 Å². The number of ether oxygens (including phenoxy) is 2. The van der Waals surface area contributed by atoms with Gasteiger partial charge in [0.05, 0.1) is 16.8 Å². The van der Waals surface area contributed by atoms with E-state index in [1.165, 1.54) is 0 Å². The summed E-state index contributed by atoms with van der Waals surface area (Å²) in [5.41, 5.74) is 1.59. The minimum Gasteiger partial charge on any atom is -0.471 e. The largest absolute Gasteiger partial charge is 0.471 e. The summed E-state index contributed by atoms with van der Waals surface area (Å²) < 4.78 is 12.1. The van der Waals surface area contributed by atoms with E-state index in [-0.39, 0.29) is 6.10 Å². The van der Waals surface area contributed by atoms with Crippen LogP contribution < -0.4 is 4.74 Å². The average molecular weight is 372 g/mol. The zero-order valence-electron chi connectivity index (χ0n) is 14.1. The number of amidine groups is 1. The molecular weight excluding hydrogens is 346 g/mol. The molecule has 5 nitrogen and oxygen atoms in total. The van der Waals surface area contributed by atoms with Crippen molar-refractivity contribution in [3.63, 3.8) is 0 Å². The van der Waals surface area contributed by atoms with Gasteiger partial charge in [-0.25, -0.2) is 4.98 Å². The van der Waals surface area contributed by atoms with Crippen molar-refractivity contribution in [1.29, 1.82) is 5.41 Å². The van der Waals surface area contributed by atoms with Gasteiger partial charge in [-0.15, -0.1) is 0 Å².